The molecular weight excluding hydrogens is 350 g/mol. The highest BCUT2D eigenvalue weighted by molar-refractivity contribution is 5.99. The van der Waals surface area contributed by atoms with Crippen molar-refractivity contribution in [3.05, 3.63) is 16.8 Å². The van der Waals surface area contributed by atoms with E-state index in [2.05, 4.69) is 16.3 Å². The summed E-state index contributed by atoms with van der Waals surface area (Å²) in [6.45, 7) is 7.90. The van der Waals surface area contributed by atoms with Gasteiger partial charge in [0.05, 0.1) is 31.4 Å². The van der Waals surface area contributed by atoms with E-state index >= 15 is 0 Å². The highest BCUT2D eigenvalue weighted by Gasteiger charge is 2.79. The summed E-state index contributed by atoms with van der Waals surface area (Å²) in [5, 5.41) is 18.2. The van der Waals surface area contributed by atoms with Crippen LogP contribution in [0.3, 0.4) is 0 Å². The molecule has 4 rings (SSSR count). The molecule has 0 saturated carbocycles. The second kappa shape index (κ2) is 5.55. The van der Waals surface area contributed by atoms with Crippen molar-refractivity contribution in [2.75, 3.05) is 31.2 Å². The van der Waals surface area contributed by atoms with Gasteiger partial charge in [-0.3, -0.25) is 0 Å². The van der Waals surface area contributed by atoms with Gasteiger partial charge >= 0.3 is 11.9 Å². The molecule has 1 aromatic rings. The van der Waals surface area contributed by atoms with Crippen molar-refractivity contribution in [1.82, 2.24) is 4.57 Å². The summed E-state index contributed by atoms with van der Waals surface area (Å²) in [6.07, 6.45) is 0. The summed E-state index contributed by atoms with van der Waals surface area (Å²) in [6, 6.07) is 1.86. The number of aromatic nitrogens is 1. The van der Waals surface area contributed by atoms with Gasteiger partial charge in [0.15, 0.2) is 0 Å². The Morgan fingerprint density at radius 3 is 2.56 bits per heavy atom. The SMILES string of the molecule is CCOC(=O)C12N=NCC1(C(=O)OCC)n1c(C)c(C)c(C#N)c1N1CC12. The monoisotopic (exact) mass is 371 g/mol. The summed E-state index contributed by atoms with van der Waals surface area (Å²) in [5.41, 5.74) is -0.991. The second-order valence-corrected chi connectivity index (χ2v) is 6.99. The Balaban J connectivity index is 2.06. The lowest BCUT2D eigenvalue weighted by Crippen LogP contribution is -2.69. The topological polar surface area (TPSA) is 109 Å². The smallest absolute Gasteiger partial charge is 0.341 e. The first-order valence-corrected chi connectivity index (χ1v) is 9.04. The number of hydrogen-bond acceptors (Lipinski definition) is 8. The lowest BCUT2D eigenvalue weighted by Gasteiger charge is -2.44. The van der Waals surface area contributed by atoms with Crippen molar-refractivity contribution in [1.29, 1.82) is 5.26 Å². The largest absolute Gasteiger partial charge is 0.464 e. The quantitative estimate of drug-likeness (QED) is 0.581. The van der Waals surface area contributed by atoms with Gasteiger partial charge in [-0.2, -0.15) is 15.5 Å². The van der Waals surface area contributed by atoms with Gasteiger partial charge in [-0.1, -0.05) is 0 Å². The fourth-order valence-electron chi connectivity index (χ4n) is 4.58. The van der Waals surface area contributed by atoms with E-state index in [1.54, 1.807) is 18.4 Å². The Kier molecular flexibility index (Phi) is 3.60. The normalized spacial score (nSPS) is 29.4. The number of esters is 2. The van der Waals surface area contributed by atoms with Gasteiger partial charge in [-0.15, -0.1) is 0 Å². The van der Waals surface area contributed by atoms with Crippen LogP contribution in [0, 0.1) is 25.2 Å². The van der Waals surface area contributed by atoms with Crippen LogP contribution in [0.5, 0.6) is 0 Å². The molecule has 0 radical (unpaired) electrons. The summed E-state index contributed by atoms with van der Waals surface area (Å²) in [4.78, 5) is 28.4. The highest BCUT2D eigenvalue weighted by atomic mass is 16.5. The molecule has 0 aromatic carbocycles. The van der Waals surface area contributed by atoms with Crippen molar-refractivity contribution < 1.29 is 19.1 Å². The molecule has 0 spiro atoms. The fourth-order valence-corrected chi connectivity index (χ4v) is 4.58. The van der Waals surface area contributed by atoms with E-state index in [0.717, 1.165) is 11.3 Å². The first-order valence-electron chi connectivity index (χ1n) is 9.04. The number of nitriles is 1. The van der Waals surface area contributed by atoms with E-state index in [9.17, 15) is 14.9 Å². The third kappa shape index (κ3) is 1.78. The van der Waals surface area contributed by atoms with Crippen molar-refractivity contribution in [2.24, 2.45) is 10.2 Å². The summed E-state index contributed by atoms with van der Waals surface area (Å²) < 4.78 is 12.5. The minimum atomic E-state index is -1.51. The van der Waals surface area contributed by atoms with Gasteiger partial charge in [-0.05, 0) is 33.3 Å². The molecule has 3 aliphatic rings. The number of carbonyl (C=O) groups is 2. The molecule has 9 nitrogen and oxygen atoms in total. The van der Waals surface area contributed by atoms with Crippen LogP contribution in [-0.4, -0.2) is 54.4 Å². The molecule has 142 valence electrons. The Bertz CT molecular complexity index is 929. The molecule has 1 fully saturated rings. The zero-order valence-corrected chi connectivity index (χ0v) is 15.8. The molecule has 0 bridgehead atoms. The van der Waals surface area contributed by atoms with Gasteiger partial charge in [0.25, 0.3) is 0 Å². The summed E-state index contributed by atoms with van der Waals surface area (Å²) in [5.74, 6) is -0.516. The predicted molar refractivity (Wildman–Crippen MR) is 93.4 cm³/mol. The van der Waals surface area contributed by atoms with E-state index < -0.39 is 23.0 Å². The summed E-state index contributed by atoms with van der Waals surface area (Å²) in [7, 11) is 0. The van der Waals surface area contributed by atoms with Crippen molar-refractivity contribution in [3.63, 3.8) is 0 Å². The highest BCUT2D eigenvalue weighted by Crippen LogP contribution is 2.58. The molecule has 0 aliphatic carbocycles. The minimum Gasteiger partial charge on any atom is -0.464 e. The van der Waals surface area contributed by atoms with Gasteiger partial charge in [0.2, 0.25) is 11.1 Å². The van der Waals surface area contributed by atoms with Crippen LogP contribution in [0.25, 0.3) is 0 Å². The van der Waals surface area contributed by atoms with Crippen LogP contribution in [0.15, 0.2) is 10.2 Å². The number of ether oxygens (including phenoxy) is 2. The zero-order chi connectivity index (χ0) is 19.6. The maximum absolute atomic E-state index is 13.3. The molecule has 27 heavy (non-hydrogen) atoms. The van der Waals surface area contributed by atoms with Gasteiger partial charge in [0, 0.05) is 12.2 Å². The molecule has 1 aromatic heterocycles. The van der Waals surface area contributed by atoms with Gasteiger partial charge in [-0.25, -0.2) is 9.59 Å². The molecule has 1 saturated heterocycles. The first-order chi connectivity index (χ1) is 12.9. The molecule has 0 N–H and O–H groups in total. The molecule has 3 unspecified atom stereocenters. The average Bonchev–Trinajstić information content (AvgIpc) is 3.27. The maximum Gasteiger partial charge on any atom is 0.341 e. The lowest BCUT2D eigenvalue weighted by atomic mass is 9.73. The van der Waals surface area contributed by atoms with Crippen LogP contribution in [0.2, 0.25) is 0 Å². The standard InChI is InChI=1S/C18H21N5O4/c1-5-26-15(24)17-9-20-21-18(17,16(25)27-6-2)13-8-22(13)14-12(7-19)10(3)11(4)23(14)17/h13H,5-6,8-9H2,1-4H3. The van der Waals surface area contributed by atoms with E-state index in [1.165, 1.54) is 0 Å². The number of hydrogen-bond donors (Lipinski definition) is 0. The Morgan fingerprint density at radius 1 is 1.26 bits per heavy atom. The van der Waals surface area contributed by atoms with Gasteiger partial charge in [0.1, 0.15) is 11.9 Å². The van der Waals surface area contributed by atoms with E-state index in [1.807, 2.05) is 18.7 Å². The van der Waals surface area contributed by atoms with Crippen molar-refractivity contribution >= 4 is 17.8 Å². The minimum absolute atomic E-state index is 0.0260. The van der Waals surface area contributed by atoms with E-state index in [-0.39, 0.29) is 25.8 Å². The fraction of sp³-hybridized carbons (Fsp3) is 0.611. The molecule has 3 atom stereocenters. The molecular formula is C18H21N5O4. The predicted octanol–water partition coefficient (Wildman–Crippen LogP) is 1.20. The van der Waals surface area contributed by atoms with Crippen LogP contribution < -0.4 is 4.90 Å². The van der Waals surface area contributed by atoms with E-state index in [4.69, 9.17) is 9.47 Å². The Hall–Kier alpha value is -2.89. The van der Waals surface area contributed by atoms with Crippen LogP contribution >= 0.6 is 0 Å². The van der Waals surface area contributed by atoms with Gasteiger partial charge < -0.3 is 18.9 Å². The van der Waals surface area contributed by atoms with Crippen LogP contribution in [0.1, 0.15) is 30.7 Å². The number of anilines is 1. The first kappa shape index (κ1) is 17.5. The molecule has 4 heterocycles. The number of nitrogens with zero attached hydrogens (tertiary/aromatic N) is 5. The average molecular weight is 371 g/mol. The van der Waals surface area contributed by atoms with Crippen molar-refractivity contribution in [2.45, 2.75) is 44.8 Å². The second-order valence-electron chi connectivity index (χ2n) is 6.99. The molecule has 9 heteroatoms. The number of fused-ring (bicyclic) bond motifs is 6. The number of azo groups is 1. The molecule has 0 amide bonds. The number of carbonyl (C=O) groups excluding carboxylic acids is 2. The maximum atomic E-state index is 13.3. The van der Waals surface area contributed by atoms with Crippen LogP contribution in [-0.2, 0) is 24.6 Å². The number of rotatable bonds is 4. The van der Waals surface area contributed by atoms with E-state index in [0.29, 0.717) is 17.9 Å². The Labute approximate surface area is 156 Å². The van der Waals surface area contributed by atoms with Crippen molar-refractivity contribution in [3.8, 4) is 6.07 Å². The van der Waals surface area contributed by atoms with Crippen LogP contribution in [0.4, 0.5) is 5.82 Å². The lowest BCUT2D eigenvalue weighted by molar-refractivity contribution is -0.168. The summed E-state index contributed by atoms with van der Waals surface area (Å²) >= 11 is 0. The zero-order valence-electron chi connectivity index (χ0n) is 15.8. The third-order valence-electron chi connectivity index (χ3n) is 5.91. The third-order valence-corrected chi connectivity index (χ3v) is 5.91. The molecule has 3 aliphatic heterocycles. The Morgan fingerprint density at radius 2 is 1.93 bits per heavy atom.